The lowest BCUT2D eigenvalue weighted by atomic mass is 9.80. The van der Waals surface area contributed by atoms with Gasteiger partial charge in [-0.1, -0.05) is 17.7 Å². The zero-order valence-corrected chi connectivity index (χ0v) is 13.2. The van der Waals surface area contributed by atoms with E-state index in [1.54, 1.807) is 13.0 Å². The molecule has 1 saturated heterocycles. The summed E-state index contributed by atoms with van der Waals surface area (Å²) < 4.78 is 11.9. The Labute approximate surface area is 125 Å². The second-order valence-corrected chi connectivity index (χ2v) is 6.41. The Hall–Kier alpha value is -1.09. The molecule has 2 heterocycles. The summed E-state index contributed by atoms with van der Waals surface area (Å²) >= 11 is 6.22. The van der Waals surface area contributed by atoms with Gasteiger partial charge in [-0.15, -0.1) is 0 Å². The van der Waals surface area contributed by atoms with E-state index in [9.17, 15) is 0 Å². The predicted octanol–water partition coefficient (Wildman–Crippen LogP) is 2.66. The molecule has 6 heteroatoms. The first-order valence-corrected chi connectivity index (χ1v) is 6.97. The van der Waals surface area contributed by atoms with Crippen LogP contribution < -0.4 is 5.46 Å². The number of nitrogens with zero attached hydrogens (tertiary/aromatic N) is 2. The number of halogens is 1. The Balaban J connectivity index is 2.30. The van der Waals surface area contributed by atoms with Gasteiger partial charge in [-0.3, -0.25) is 0 Å². The molecule has 20 heavy (non-hydrogen) atoms. The zero-order chi connectivity index (χ0) is 15.1. The molecule has 1 aromatic rings. The Morgan fingerprint density at radius 1 is 1.25 bits per heavy atom. The standard InChI is InChI=1S/C14H18BClN2O2/c1-9(8-17)11-7-6-10(12(16)18-11)15-19-13(2,3)14(4,5)20-15/h6-7,9H,1-5H3. The maximum absolute atomic E-state index is 8.91. The Kier molecular flexibility index (Phi) is 3.85. The quantitative estimate of drug-likeness (QED) is 0.621. The molecule has 0 bridgehead atoms. The van der Waals surface area contributed by atoms with Crippen LogP contribution in [0.2, 0.25) is 5.15 Å². The summed E-state index contributed by atoms with van der Waals surface area (Å²) in [5, 5.41) is 9.24. The molecule has 0 spiro atoms. The number of hydrogen-bond acceptors (Lipinski definition) is 4. The van der Waals surface area contributed by atoms with Gasteiger partial charge in [-0.05, 0) is 40.7 Å². The summed E-state index contributed by atoms with van der Waals surface area (Å²) in [5.41, 5.74) is 0.510. The van der Waals surface area contributed by atoms with Crippen LogP contribution in [0.5, 0.6) is 0 Å². The van der Waals surface area contributed by atoms with Crippen molar-refractivity contribution in [1.82, 2.24) is 4.98 Å². The highest BCUT2D eigenvalue weighted by molar-refractivity contribution is 6.65. The van der Waals surface area contributed by atoms with E-state index in [0.29, 0.717) is 16.3 Å². The molecule has 0 aromatic carbocycles. The minimum absolute atomic E-state index is 0.292. The van der Waals surface area contributed by atoms with Gasteiger partial charge in [0.1, 0.15) is 5.15 Å². The summed E-state index contributed by atoms with van der Waals surface area (Å²) in [6.07, 6.45) is 0. The van der Waals surface area contributed by atoms with Gasteiger partial charge in [0, 0.05) is 5.46 Å². The van der Waals surface area contributed by atoms with Gasteiger partial charge in [0.15, 0.2) is 0 Å². The van der Waals surface area contributed by atoms with Crippen LogP contribution in [0.25, 0.3) is 0 Å². The third kappa shape index (κ3) is 2.56. The smallest absolute Gasteiger partial charge is 0.399 e. The summed E-state index contributed by atoms with van der Waals surface area (Å²) in [5.74, 6) is -0.292. The van der Waals surface area contributed by atoms with Crippen LogP contribution in [-0.2, 0) is 9.31 Å². The van der Waals surface area contributed by atoms with E-state index < -0.39 is 18.3 Å². The average molecular weight is 293 g/mol. The number of aromatic nitrogens is 1. The van der Waals surface area contributed by atoms with Crippen LogP contribution in [0.4, 0.5) is 0 Å². The van der Waals surface area contributed by atoms with Crippen LogP contribution >= 0.6 is 11.6 Å². The van der Waals surface area contributed by atoms with E-state index in [2.05, 4.69) is 11.1 Å². The summed E-state index contributed by atoms with van der Waals surface area (Å²) in [6, 6.07) is 5.75. The van der Waals surface area contributed by atoms with Gasteiger partial charge in [-0.25, -0.2) is 4.98 Å². The highest BCUT2D eigenvalue weighted by atomic mass is 35.5. The largest absolute Gasteiger partial charge is 0.498 e. The van der Waals surface area contributed by atoms with Crippen molar-refractivity contribution in [2.24, 2.45) is 0 Å². The fourth-order valence-electron chi connectivity index (χ4n) is 1.91. The molecule has 0 amide bonds. The van der Waals surface area contributed by atoms with Crippen molar-refractivity contribution in [3.63, 3.8) is 0 Å². The van der Waals surface area contributed by atoms with E-state index in [1.807, 2.05) is 33.8 Å². The Morgan fingerprint density at radius 2 is 1.80 bits per heavy atom. The van der Waals surface area contributed by atoms with Crippen molar-refractivity contribution < 1.29 is 9.31 Å². The molecule has 2 rings (SSSR count). The highest BCUT2D eigenvalue weighted by Gasteiger charge is 2.52. The molecule has 1 aliphatic heterocycles. The van der Waals surface area contributed by atoms with E-state index in [-0.39, 0.29) is 5.92 Å². The normalized spacial score (nSPS) is 21.6. The first-order chi connectivity index (χ1) is 9.18. The Bertz CT molecular complexity index is 553. The van der Waals surface area contributed by atoms with Crippen LogP contribution in [-0.4, -0.2) is 23.3 Å². The molecule has 1 unspecified atom stereocenters. The number of pyridine rings is 1. The topological polar surface area (TPSA) is 55.1 Å². The van der Waals surface area contributed by atoms with Gasteiger partial charge in [0.05, 0.1) is 28.9 Å². The van der Waals surface area contributed by atoms with E-state index in [1.165, 1.54) is 0 Å². The van der Waals surface area contributed by atoms with Gasteiger partial charge >= 0.3 is 7.12 Å². The van der Waals surface area contributed by atoms with Crippen LogP contribution in [0.3, 0.4) is 0 Å². The summed E-state index contributed by atoms with van der Waals surface area (Å²) in [4.78, 5) is 4.27. The Morgan fingerprint density at radius 3 is 2.25 bits per heavy atom. The number of nitriles is 1. The molecule has 0 saturated carbocycles. The van der Waals surface area contributed by atoms with E-state index in [0.717, 1.165) is 0 Å². The second kappa shape index (κ2) is 5.03. The third-order valence-electron chi connectivity index (χ3n) is 4.04. The summed E-state index contributed by atoms with van der Waals surface area (Å²) in [6.45, 7) is 9.73. The first-order valence-electron chi connectivity index (χ1n) is 6.59. The average Bonchev–Trinajstić information content (AvgIpc) is 2.57. The molecule has 0 aliphatic carbocycles. The van der Waals surface area contributed by atoms with Crippen molar-refractivity contribution in [2.45, 2.75) is 51.7 Å². The van der Waals surface area contributed by atoms with Crippen LogP contribution in [0.15, 0.2) is 12.1 Å². The minimum Gasteiger partial charge on any atom is -0.399 e. The molecule has 0 radical (unpaired) electrons. The van der Waals surface area contributed by atoms with Crippen LogP contribution in [0, 0.1) is 11.3 Å². The maximum Gasteiger partial charge on any atom is 0.498 e. The minimum atomic E-state index is -0.536. The van der Waals surface area contributed by atoms with Crippen molar-refractivity contribution >= 4 is 24.2 Å². The van der Waals surface area contributed by atoms with Crippen molar-refractivity contribution in [2.75, 3.05) is 0 Å². The monoisotopic (exact) mass is 292 g/mol. The first kappa shape index (κ1) is 15.3. The molecule has 1 aliphatic rings. The van der Waals surface area contributed by atoms with Crippen molar-refractivity contribution in [3.05, 3.63) is 23.0 Å². The molecular formula is C14H18BClN2O2. The molecule has 1 aromatic heterocycles. The third-order valence-corrected chi connectivity index (χ3v) is 4.35. The lowest BCUT2D eigenvalue weighted by Gasteiger charge is -2.32. The predicted molar refractivity (Wildman–Crippen MR) is 79.0 cm³/mol. The second-order valence-electron chi connectivity index (χ2n) is 6.06. The fraction of sp³-hybridized carbons (Fsp3) is 0.571. The molecule has 1 atom stereocenters. The summed E-state index contributed by atoms with van der Waals surface area (Å²) in [7, 11) is -0.536. The lowest BCUT2D eigenvalue weighted by molar-refractivity contribution is 0.00578. The van der Waals surface area contributed by atoms with Crippen molar-refractivity contribution in [3.8, 4) is 6.07 Å². The van der Waals surface area contributed by atoms with Gasteiger partial charge in [0.25, 0.3) is 0 Å². The number of rotatable bonds is 2. The fourth-order valence-corrected chi connectivity index (χ4v) is 2.16. The van der Waals surface area contributed by atoms with Gasteiger partial charge in [-0.2, -0.15) is 5.26 Å². The van der Waals surface area contributed by atoms with E-state index >= 15 is 0 Å². The van der Waals surface area contributed by atoms with E-state index in [4.69, 9.17) is 26.2 Å². The zero-order valence-electron chi connectivity index (χ0n) is 12.4. The number of hydrogen-bond donors (Lipinski definition) is 0. The highest BCUT2D eigenvalue weighted by Crippen LogP contribution is 2.36. The molecule has 0 N–H and O–H groups in total. The lowest BCUT2D eigenvalue weighted by Crippen LogP contribution is -2.41. The molecule has 106 valence electrons. The van der Waals surface area contributed by atoms with Crippen LogP contribution in [0.1, 0.15) is 46.2 Å². The van der Waals surface area contributed by atoms with Crippen molar-refractivity contribution in [1.29, 1.82) is 5.26 Å². The SMILES string of the molecule is CC(C#N)c1ccc(B2OC(C)(C)C(C)(C)O2)c(Cl)n1. The molecule has 1 fully saturated rings. The van der Waals surface area contributed by atoms with Gasteiger partial charge in [0.2, 0.25) is 0 Å². The van der Waals surface area contributed by atoms with Gasteiger partial charge < -0.3 is 9.31 Å². The molecule has 4 nitrogen and oxygen atoms in total. The molecular weight excluding hydrogens is 274 g/mol. The maximum atomic E-state index is 8.91.